The standard InChI is InChI=1S/C10H13NO3/c1-13-8-3-2-4-9(7-8)14-6-5-10(11)12/h2-4,7H,5-6H2,1H3,(H2,11,12). The lowest BCUT2D eigenvalue weighted by Gasteiger charge is -2.05. The lowest BCUT2D eigenvalue weighted by atomic mass is 10.3. The molecule has 1 aromatic carbocycles. The summed E-state index contributed by atoms with van der Waals surface area (Å²) in [6, 6.07) is 7.18. The number of carbonyl (C=O) groups excluding carboxylic acids is 1. The molecule has 0 fully saturated rings. The quantitative estimate of drug-likeness (QED) is 0.760. The molecule has 4 nitrogen and oxygen atoms in total. The van der Waals surface area contributed by atoms with Crippen LogP contribution >= 0.6 is 0 Å². The van der Waals surface area contributed by atoms with Gasteiger partial charge in [0.05, 0.1) is 20.1 Å². The summed E-state index contributed by atoms with van der Waals surface area (Å²) in [6.45, 7) is 0.294. The molecule has 14 heavy (non-hydrogen) atoms. The summed E-state index contributed by atoms with van der Waals surface area (Å²) in [7, 11) is 1.59. The van der Waals surface area contributed by atoms with Gasteiger partial charge in [0.15, 0.2) is 0 Å². The van der Waals surface area contributed by atoms with Gasteiger partial charge in [-0.25, -0.2) is 0 Å². The molecule has 0 aliphatic rings. The molecule has 0 spiro atoms. The molecule has 1 aromatic rings. The Morgan fingerprint density at radius 1 is 1.43 bits per heavy atom. The van der Waals surface area contributed by atoms with Crippen molar-refractivity contribution in [1.82, 2.24) is 0 Å². The van der Waals surface area contributed by atoms with Crippen LogP contribution in [0, 0.1) is 0 Å². The number of hydrogen-bond acceptors (Lipinski definition) is 3. The SMILES string of the molecule is COc1cccc(OCCC(N)=O)c1. The maximum atomic E-state index is 10.4. The molecule has 1 rings (SSSR count). The lowest BCUT2D eigenvalue weighted by Crippen LogP contribution is -2.14. The smallest absolute Gasteiger partial charge is 0.220 e. The zero-order valence-electron chi connectivity index (χ0n) is 8.03. The summed E-state index contributed by atoms with van der Waals surface area (Å²) in [6.07, 6.45) is 0.219. The van der Waals surface area contributed by atoms with E-state index in [-0.39, 0.29) is 12.3 Å². The van der Waals surface area contributed by atoms with Crippen molar-refractivity contribution in [2.45, 2.75) is 6.42 Å². The van der Waals surface area contributed by atoms with Crippen molar-refractivity contribution in [1.29, 1.82) is 0 Å². The molecule has 0 saturated carbocycles. The summed E-state index contributed by atoms with van der Waals surface area (Å²) < 4.78 is 10.3. The predicted molar refractivity (Wildman–Crippen MR) is 52.3 cm³/mol. The summed E-state index contributed by atoms with van der Waals surface area (Å²) in [5, 5.41) is 0. The number of amides is 1. The third kappa shape index (κ3) is 3.35. The highest BCUT2D eigenvalue weighted by molar-refractivity contribution is 5.73. The normalized spacial score (nSPS) is 9.50. The Kier molecular flexibility index (Phi) is 3.79. The minimum absolute atomic E-state index is 0.219. The van der Waals surface area contributed by atoms with Crippen molar-refractivity contribution in [3.63, 3.8) is 0 Å². The monoisotopic (exact) mass is 195 g/mol. The number of ether oxygens (including phenoxy) is 2. The van der Waals surface area contributed by atoms with Gasteiger partial charge in [-0.2, -0.15) is 0 Å². The number of nitrogens with two attached hydrogens (primary N) is 1. The maximum absolute atomic E-state index is 10.4. The minimum atomic E-state index is -0.368. The molecule has 0 atom stereocenters. The van der Waals surface area contributed by atoms with Crippen LogP contribution in [0.2, 0.25) is 0 Å². The fraction of sp³-hybridized carbons (Fsp3) is 0.300. The van der Waals surface area contributed by atoms with Crippen LogP contribution in [0.4, 0.5) is 0 Å². The molecule has 0 unspecified atom stereocenters. The largest absolute Gasteiger partial charge is 0.497 e. The summed E-state index contributed by atoms with van der Waals surface area (Å²) in [5.74, 6) is 1.03. The van der Waals surface area contributed by atoms with Gasteiger partial charge in [0.1, 0.15) is 11.5 Å². The van der Waals surface area contributed by atoms with E-state index in [0.717, 1.165) is 5.75 Å². The van der Waals surface area contributed by atoms with E-state index in [4.69, 9.17) is 15.2 Å². The van der Waals surface area contributed by atoms with Gasteiger partial charge in [0.25, 0.3) is 0 Å². The fourth-order valence-corrected chi connectivity index (χ4v) is 0.960. The summed E-state index contributed by atoms with van der Waals surface area (Å²) in [5.41, 5.74) is 4.97. The Bertz CT molecular complexity index is 312. The Morgan fingerprint density at radius 3 is 2.79 bits per heavy atom. The molecule has 0 aliphatic heterocycles. The predicted octanol–water partition coefficient (Wildman–Crippen LogP) is 0.949. The average molecular weight is 195 g/mol. The molecular formula is C10H13NO3. The van der Waals surface area contributed by atoms with E-state index in [1.54, 1.807) is 19.2 Å². The van der Waals surface area contributed by atoms with Crippen LogP contribution < -0.4 is 15.2 Å². The van der Waals surface area contributed by atoms with Gasteiger partial charge >= 0.3 is 0 Å². The Balaban J connectivity index is 2.46. The topological polar surface area (TPSA) is 61.6 Å². The first-order chi connectivity index (χ1) is 6.72. The third-order valence-corrected chi connectivity index (χ3v) is 1.66. The summed E-state index contributed by atoms with van der Waals surface area (Å²) in [4.78, 5) is 10.4. The third-order valence-electron chi connectivity index (χ3n) is 1.66. The Morgan fingerprint density at radius 2 is 2.14 bits per heavy atom. The van der Waals surface area contributed by atoms with Crippen LogP contribution in [-0.2, 0) is 4.79 Å². The highest BCUT2D eigenvalue weighted by Gasteiger charge is 1.98. The first-order valence-electron chi connectivity index (χ1n) is 4.27. The van der Waals surface area contributed by atoms with Gasteiger partial charge in [0, 0.05) is 6.07 Å². The van der Waals surface area contributed by atoms with E-state index in [9.17, 15) is 4.79 Å². The molecule has 0 bridgehead atoms. The highest BCUT2D eigenvalue weighted by Crippen LogP contribution is 2.18. The second-order valence-electron chi connectivity index (χ2n) is 2.74. The molecule has 0 aliphatic carbocycles. The van der Waals surface area contributed by atoms with Gasteiger partial charge in [-0.3, -0.25) is 4.79 Å². The molecule has 0 heterocycles. The van der Waals surface area contributed by atoms with E-state index >= 15 is 0 Å². The molecule has 76 valence electrons. The van der Waals surface area contributed by atoms with Crippen LogP contribution in [0.15, 0.2) is 24.3 Å². The van der Waals surface area contributed by atoms with Gasteiger partial charge in [-0.05, 0) is 12.1 Å². The molecular weight excluding hydrogens is 182 g/mol. The minimum Gasteiger partial charge on any atom is -0.497 e. The van der Waals surface area contributed by atoms with Crippen LogP contribution in [0.1, 0.15) is 6.42 Å². The highest BCUT2D eigenvalue weighted by atomic mass is 16.5. The van der Waals surface area contributed by atoms with Crippen LogP contribution in [0.25, 0.3) is 0 Å². The number of benzene rings is 1. The molecule has 1 amide bonds. The van der Waals surface area contributed by atoms with Crippen LogP contribution in [0.5, 0.6) is 11.5 Å². The van der Waals surface area contributed by atoms with E-state index < -0.39 is 0 Å². The van der Waals surface area contributed by atoms with Gasteiger partial charge in [-0.1, -0.05) is 6.07 Å². The maximum Gasteiger partial charge on any atom is 0.220 e. The van der Waals surface area contributed by atoms with Crippen molar-refractivity contribution in [3.8, 4) is 11.5 Å². The number of primary amides is 1. The summed E-state index contributed by atoms with van der Waals surface area (Å²) >= 11 is 0. The van der Waals surface area contributed by atoms with Crippen LogP contribution in [-0.4, -0.2) is 19.6 Å². The van der Waals surface area contributed by atoms with Gasteiger partial charge < -0.3 is 15.2 Å². The zero-order chi connectivity index (χ0) is 10.4. The van der Waals surface area contributed by atoms with Crippen molar-refractivity contribution >= 4 is 5.91 Å². The number of rotatable bonds is 5. The Hall–Kier alpha value is -1.71. The van der Waals surface area contributed by atoms with E-state index in [1.807, 2.05) is 12.1 Å². The van der Waals surface area contributed by atoms with Crippen molar-refractivity contribution < 1.29 is 14.3 Å². The number of methoxy groups -OCH3 is 1. The van der Waals surface area contributed by atoms with Crippen molar-refractivity contribution in [2.75, 3.05) is 13.7 Å². The average Bonchev–Trinajstić information content (AvgIpc) is 2.18. The van der Waals surface area contributed by atoms with E-state index in [0.29, 0.717) is 12.4 Å². The van der Waals surface area contributed by atoms with Crippen molar-refractivity contribution in [2.24, 2.45) is 5.73 Å². The Labute approximate surface area is 82.6 Å². The first kappa shape index (κ1) is 10.4. The number of hydrogen-bond donors (Lipinski definition) is 1. The second kappa shape index (κ2) is 5.11. The second-order valence-corrected chi connectivity index (χ2v) is 2.74. The van der Waals surface area contributed by atoms with E-state index in [1.165, 1.54) is 0 Å². The van der Waals surface area contributed by atoms with Gasteiger partial charge in [0.2, 0.25) is 5.91 Å². The molecule has 4 heteroatoms. The molecule has 2 N–H and O–H groups in total. The lowest BCUT2D eigenvalue weighted by molar-refractivity contribution is -0.118. The number of carbonyl (C=O) groups is 1. The molecule has 0 radical (unpaired) electrons. The van der Waals surface area contributed by atoms with Crippen LogP contribution in [0.3, 0.4) is 0 Å². The molecule has 0 aromatic heterocycles. The molecule has 0 saturated heterocycles. The fourth-order valence-electron chi connectivity index (χ4n) is 0.960. The zero-order valence-corrected chi connectivity index (χ0v) is 8.03. The van der Waals surface area contributed by atoms with Crippen molar-refractivity contribution in [3.05, 3.63) is 24.3 Å². The first-order valence-corrected chi connectivity index (χ1v) is 4.27. The van der Waals surface area contributed by atoms with E-state index in [2.05, 4.69) is 0 Å². The van der Waals surface area contributed by atoms with Gasteiger partial charge in [-0.15, -0.1) is 0 Å².